The molecule has 3 aromatic rings. The van der Waals surface area contributed by atoms with Gasteiger partial charge in [-0.05, 0) is 18.2 Å². The van der Waals surface area contributed by atoms with E-state index in [-0.39, 0.29) is 25.1 Å². The van der Waals surface area contributed by atoms with Gasteiger partial charge in [0.05, 0.1) is 37.3 Å². The topological polar surface area (TPSA) is 73.7 Å². The van der Waals surface area contributed by atoms with E-state index in [0.29, 0.717) is 46.3 Å². The Morgan fingerprint density at radius 2 is 1.91 bits per heavy atom. The van der Waals surface area contributed by atoms with E-state index in [9.17, 15) is 14.0 Å². The van der Waals surface area contributed by atoms with Crippen LogP contribution >= 0.6 is 15.9 Å². The first-order valence-electron chi connectivity index (χ1n) is 10.4. The lowest BCUT2D eigenvalue weighted by molar-refractivity contribution is -0.143. The van der Waals surface area contributed by atoms with Crippen LogP contribution in [0.15, 0.2) is 51.7 Å². The second-order valence-electron chi connectivity index (χ2n) is 7.54. The molecule has 2 heterocycles. The van der Waals surface area contributed by atoms with Gasteiger partial charge >= 0.3 is 5.97 Å². The number of ether oxygens (including phenoxy) is 2. The van der Waals surface area contributed by atoms with Crippen LogP contribution in [-0.4, -0.2) is 60.1 Å². The highest BCUT2D eigenvalue weighted by atomic mass is 79.9. The first-order chi connectivity index (χ1) is 15.5. The molecule has 9 heteroatoms. The van der Waals surface area contributed by atoms with Crippen molar-refractivity contribution in [2.45, 2.75) is 13.0 Å². The van der Waals surface area contributed by atoms with E-state index in [0.717, 1.165) is 13.1 Å². The first-order valence-corrected chi connectivity index (χ1v) is 11.2. The molecule has 0 N–H and O–H groups in total. The number of carbonyl (C=O) groups is 1. The minimum atomic E-state index is -0.440. The summed E-state index contributed by atoms with van der Waals surface area (Å²) in [4.78, 5) is 27.6. The number of halogens is 2. The van der Waals surface area contributed by atoms with Crippen molar-refractivity contribution in [3.05, 3.63) is 74.4 Å². The van der Waals surface area contributed by atoms with Crippen molar-refractivity contribution in [2.75, 3.05) is 39.5 Å². The average molecular weight is 504 g/mol. The number of carbonyl (C=O) groups excluding carboxylic acids is 1. The predicted octanol–water partition coefficient (Wildman–Crippen LogP) is 2.76. The molecule has 0 atom stereocenters. The number of nitrogens with zero attached hydrogens (tertiary/aromatic N) is 3. The highest BCUT2D eigenvalue weighted by Crippen LogP contribution is 2.18. The minimum Gasteiger partial charge on any atom is -0.464 e. The Bertz CT molecular complexity index is 1180. The van der Waals surface area contributed by atoms with E-state index in [2.05, 4.69) is 25.9 Å². The molecule has 1 aromatic heterocycles. The molecule has 1 saturated heterocycles. The number of hydrogen-bond acceptors (Lipinski definition) is 6. The Morgan fingerprint density at radius 3 is 2.66 bits per heavy atom. The quantitative estimate of drug-likeness (QED) is 0.461. The molecular formula is C23H23BrFN3O4. The number of benzene rings is 2. The Labute approximate surface area is 192 Å². The molecule has 0 saturated carbocycles. The summed E-state index contributed by atoms with van der Waals surface area (Å²) < 4.78 is 26.9. The summed E-state index contributed by atoms with van der Waals surface area (Å²) in [6.45, 7) is 3.89. The molecule has 2 aromatic carbocycles. The van der Waals surface area contributed by atoms with Crippen molar-refractivity contribution in [1.82, 2.24) is 14.7 Å². The molecule has 168 valence electrons. The fourth-order valence-corrected chi connectivity index (χ4v) is 3.99. The SMILES string of the molecule is O=C(Cc1nn(Cc2ccc(Br)cc2F)c(=O)c2ccccc12)OCCN1CCOCC1. The van der Waals surface area contributed by atoms with E-state index in [1.807, 2.05) is 0 Å². The van der Waals surface area contributed by atoms with Gasteiger partial charge in [0.25, 0.3) is 5.56 Å². The zero-order valence-corrected chi connectivity index (χ0v) is 19.0. The summed E-state index contributed by atoms with van der Waals surface area (Å²) in [7, 11) is 0. The van der Waals surface area contributed by atoms with Gasteiger partial charge in [-0.1, -0.05) is 40.2 Å². The van der Waals surface area contributed by atoms with E-state index in [4.69, 9.17) is 9.47 Å². The zero-order chi connectivity index (χ0) is 22.5. The smallest absolute Gasteiger partial charge is 0.312 e. The van der Waals surface area contributed by atoms with Gasteiger partial charge in [-0.15, -0.1) is 0 Å². The summed E-state index contributed by atoms with van der Waals surface area (Å²) >= 11 is 3.23. The van der Waals surface area contributed by atoms with Gasteiger partial charge in [-0.25, -0.2) is 9.07 Å². The Hall–Kier alpha value is -2.62. The Balaban J connectivity index is 1.53. The van der Waals surface area contributed by atoms with Crippen molar-refractivity contribution < 1.29 is 18.7 Å². The molecule has 1 fully saturated rings. The maximum atomic E-state index is 14.3. The van der Waals surface area contributed by atoms with Crippen LogP contribution in [0.4, 0.5) is 4.39 Å². The van der Waals surface area contributed by atoms with Crippen LogP contribution in [0.3, 0.4) is 0 Å². The van der Waals surface area contributed by atoms with Gasteiger partial charge < -0.3 is 9.47 Å². The van der Waals surface area contributed by atoms with Gasteiger partial charge in [-0.3, -0.25) is 14.5 Å². The lowest BCUT2D eigenvalue weighted by Gasteiger charge is -2.26. The highest BCUT2D eigenvalue weighted by Gasteiger charge is 2.16. The van der Waals surface area contributed by atoms with Crippen molar-refractivity contribution in [2.24, 2.45) is 0 Å². The summed E-state index contributed by atoms with van der Waals surface area (Å²) in [6.07, 6.45) is -0.0767. The fourth-order valence-electron chi connectivity index (χ4n) is 3.66. The van der Waals surface area contributed by atoms with Gasteiger partial charge in [0, 0.05) is 35.1 Å². The van der Waals surface area contributed by atoms with Gasteiger partial charge in [-0.2, -0.15) is 5.10 Å². The number of morpholine rings is 1. The largest absolute Gasteiger partial charge is 0.464 e. The molecule has 0 unspecified atom stereocenters. The van der Waals surface area contributed by atoms with Crippen molar-refractivity contribution in [3.63, 3.8) is 0 Å². The normalized spacial score (nSPS) is 14.6. The maximum absolute atomic E-state index is 14.3. The number of fused-ring (bicyclic) bond motifs is 1. The third kappa shape index (κ3) is 5.40. The molecule has 4 rings (SSSR count). The van der Waals surface area contributed by atoms with E-state index in [1.165, 1.54) is 10.7 Å². The summed E-state index contributed by atoms with van der Waals surface area (Å²) in [5, 5.41) is 5.41. The number of esters is 1. The highest BCUT2D eigenvalue weighted by molar-refractivity contribution is 9.10. The van der Waals surface area contributed by atoms with Crippen molar-refractivity contribution >= 4 is 32.7 Å². The second kappa shape index (κ2) is 10.3. The molecule has 7 nitrogen and oxygen atoms in total. The molecular weight excluding hydrogens is 481 g/mol. The van der Waals surface area contributed by atoms with Crippen LogP contribution < -0.4 is 5.56 Å². The van der Waals surface area contributed by atoms with E-state index in [1.54, 1.807) is 36.4 Å². The van der Waals surface area contributed by atoms with Crippen LogP contribution in [0.2, 0.25) is 0 Å². The minimum absolute atomic E-state index is 0.0398. The molecule has 0 spiro atoms. The lowest BCUT2D eigenvalue weighted by atomic mass is 10.1. The summed E-state index contributed by atoms with van der Waals surface area (Å²) in [5.41, 5.74) is 0.415. The van der Waals surface area contributed by atoms with E-state index >= 15 is 0 Å². The van der Waals surface area contributed by atoms with E-state index < -0.39 is 11.8 Å². The van der Waals surface area contributed by atoms with Gasteiger partial charge in [0.2, 0.25) is 0 Å². The molecule has 0 bridgehead atoms. The number of aromatic nitrogens is 2. The maximum Gasteiger partial charge on any atom is 0.312 e. The van der Waals surface area contributed by atoms with Crippen molar-refractivity contribution in [1.29, 1.82) is 0 Å². The number of rotatable bonds is 7. The number of hydrogen-bond donors (Lipinski definition) is 0. The van der Waals surface area contributed by atoms with Crippen LogP contribution in [0.1, 0.15) is 11.3 Å². The molecule has 0 radical (unpaired) electrons. The fraction of sp³-hybridized carbons (Fsp3) is 0.348. The zero-order valence-electron chi connectivity index (χ0n) is 17.4. The Kier molecular flexibility index (Phi) is 7.29. The van der Waals surface area contributed by atoms with Crippen LogP contribution in [0.25, 0.3) is 10.8 Å². The van der Waals surface area contributed by atoms with Gasteiger partial charge in [0.15, 0.2) is 0 Å². The predicted molar refractivity (Wildman–Crippen MR) is 121 cm³/mol. The van der Waals surface area contributed by atoms with Crippen LogP contribution in [-0.2, 0) is 27.2 Å². The molecule has 1 aliphatic heterocycles. The monoisotopic (exact) mass is 503 g/mol. The summed E-state index contributed by atoms with van der Waals surface area (Å²) in [6, 6.07) is 11.6. The van der Waals surface area contributed by atoms with Crippen LogP contribution in [0, 0.1) is 5.82 Å². The third-order valence-electron chi connectivity index (χ3n) is 5.37. The first kappa shape index (κ1) is 22.6. The molecule has 0 aliphatic carbocycles. The van der Waals surface area contributed by atoms with Crippen molar-refractivity contribution in [3.8, 4) is 0 Å². The summed E-state index contributed by atoms with van der Waals surface area (Å²) in [5.74, 6) is -0.860. The average Bonchev–Trinajstić information content (AvgIpc) is 2.79. The second-order valence-corrected chi connectivity index (χ2v) is 8.46. The molecule has 0 amide bonds. The van der Waals surface area contributed by atoms with Crippen LogP contribution in [0.5, 0.6) is 0 Å². The lowest BCUT2D eigenvalue weighted by Crippen LogP contribution is -2.38. The third-order valence-corrected chi connectivity index (χ3v) is 5.86. The standard InChI is InChI=1S/C23H23BrFN3O4/c24-17-6-5-16(20(25)13-17)15-28-23(30)19-4-2-1-3-18(19)21(26-28)14-22(29)32-12-9-27-7-10-31-11-8-27/h1-6,13H,7-12,14-15H2. The molecule has 32 heavy (non-hydrogen) atoms. The Morgan fingerprint density at radius 1 is 1.16 bits per heavy atom. The van der Waals surface area contributed by atoms with Gasteiger partial charge in [0.1, 0.15) is 12.4 Å². The molecule has 1 aliphatic rings.